The second kappa shape index (κ2) is 11.1. The standard InChI is InChI=1S/C26H31FN8O4/c1-13(2)34(4)26(38)20-11-17(33-35(20)5)16-9-15(27)10-19(23(16)39-6)29-18-12-21(30-24(36)14-7-8-14)31-32-22(18)25(37)28-3/h9-14H,7-8H2,1-6H3,(H,28,37)(H2,29,30,31,36)/i3D3. The second-order valence-corrected chi connectivity index (χ2v) is 9.42. The monoisotopic (exact) mass is 541 g/mol. The minimum atomic E-state index is -2.82. The first-order valence-electron chi connectivity index (χ1n) is 13.7. The Labute approximate surface area is 229 Å². The number of amides is 3. The van der Waals surface area contributed by atoms with E-state index in [1.165, 1.54) is 30.0 Å². The zero-order valence-corrected chi connectivity index (χ0v) is 22.1. The molecular weight excluding hydrogens is 507 g/mol. The predicted octanol–water partition coefficient (Wildman–Crippen LogP) is 2.96. The molecule has 0 aliphatic heterocycles. The van der Waals surface area contributed by atoms with Gasteiger partial charge in [-0.15, -0.1) is 10.2 Å². The van der Waals surface area contributed by atoms with Gasteiger partial charge in [0, 0.05) is 54.8 Å². The summed E-state index contributed by atoms with van der Waals surface area (Å²) in [7, 11) is 4.60. The molecule has 1 fully saturated rings. The zero-order chi connectivity index (χ0) is 30.9. The first kappa shape index (κ1) is 23.6. The van der Waals surface area contributed by atoms with Crippen LogP contribution in [0.3, 0.4) is 0 Å². The van der Waals surface area contributed by atoms with Crippen LogP contribution in [0.4, 0.5) is 21.6 Å². The SMILES string of the molecule is [2H]C([2H])([2H])NC(=O)c1nnc(NC(=O)C2CC2)cc1Nc1cc(F)cc(-c2cc(C(=O)N(C)C(C)C)n(C)n2)c1OC. The predicted molar refractivity (Wildman–Crippen MR) is 142 cm³/mol. The van der Waals surface area contributed by atoms with Crippen LogP contribution in [0.2, 0.25) is 0 Å². The second-order valence-electron chi connectivity index (χ2n) is 9.42. The Morgan fingerprint density at radius 3 is 2.56 bits per heavy atom. The Morgan fingerprint density at radius 2 is 1.92 bits per heavy atom. The van der Waals surface area contributed by atoms with E-state index < -0.39 is 24.4 Å². The summed E-state index contributed by atoms with van der Waals surface area (Å²) in [4.78, 5) is 39.6. The fraction of sp³-hybridized carbons (Fsp3) is 0.385. The number of nitrogens with one attached hydrogen (secondary N) is 3. The molecule has 1 aromatic carbocycles. The Balaban J connectivity index is 1.77. The van der Waals surface area contributed by atoms with Crippen LogP contribution in [0, 0.1) is 11.7 Å². The molecule has 0 radical (unpaired) electrons. The molecule has 3 aromatic rings. The van der Waals surface area contributed by atoms with Gasteiger partial charge in [-0.2, -0.15) is 5.10 Å². The Morgan fingerprint density at radius 1 is 1.18 bits per heavy atom. The maximum Gasteiger partial charge on any atom is 0.273 e. The van der Waals surface area contributed by atoms with Gasteiger partial charge in [-0.05, 0) is 38.8 Å². The highest BCUT2D eigenvalue weighted by Crippen LogP contribution is 2.39. The fourth-order valence-electron chi connectivity index (χ4n) is 3.80. The number of ether oxygens (including phenoxy) is 1. The fourth-order valence-corrected chi connectivity index (χ4v) is 3.80. The Hall–Kier alpha value is -4.55. The van der Waals surface area contributed by atoms with E-state index in [9.17, 15) is 14.4 Å². The molecular formula is C26H31FN8O4. The zero-order valence-electron chi connectivity index (χ0n) is 25.1. The van der Waals surface area contributed by atoms with Crippen LogP contribution in [0.5, 0.6) is 5.75 Å². The molecule has 1 saturated carbocycles. The lowest BCUT2D eigenvalue weighted by Crippen LogP contribution is -2.34. The Bertz CT molecular complexity index is 1540. The van der Waals surface area contributed by atoms with E-state index in [2.05, 4.69) is 25.9 Å². The van der Waals surface area contributed by atoms with Crippen molar-refractivity contribution < 1.29 is 27.6 Å². The molecule has 3 N–H and O–H groups in total. The molecule has 4 rings (SSSR count). The van der Waals surface area contributed by atoms with Crippen molar-refractivity contribution in [2.24, 2.45) is 13.0 Å². The van der Waals surface area contributed by atoms with Crippen LogP contribution in [0.15, 0.2) is 24.3 Å². The van der Waals surface area contributed by atoms with Crippen molar-refractivity contribution in [2.45, 2.75) is 32.7 Å². The third kappa shape index (κ3) is 5.81. The third-order valence-electron chi connectivity index (χ3n) is 6.32. The summed E-state index contributed by atoms with van der Waals surface area (Å²) < 4.78 is 44.1. The van der Waals surface area contributed by atoms with Crippen molar-refractivity contribution in [3.63, 3.8) is 0 Å². The number of nitrogens with zero attached hydrogens (tertiary/aromatic N) is 5. The molecule has 3 amide bonds. The van der Waals surface area contributed by atoms with Crippen LogP contribution in [0.1, 0.15) is 51.8 Å². The highest BCUT2D eigenvalue weighted by atomic mass is 19.1. The van der Waals surface area contributed by atoms with Crippen LogP contribution < -0.4 is 20.7 Å². The number of methoxy groups -OCH3 is 1. The first-order chi connectivity index (χ1) is 19.7. The highest BCUT2D eigenvalue weighted by Gasteiger charge is 2.30. The van der Waals surface area contributed by atoms with Gasteiger partial charge in [-0.25, -0.2) is 4.39 Å². The smallest absolute Gasteiger partial charge is 0.273 e. The molecule has 2 aromatic heterocycles. The summed E-state index contributed by atoms with van der Waals surface area (Å²) in [6, 6.07) is 5.00. The number of aromatic nitrogens is 4. The quantitative estimate of drug-likeness (QED) is 0.375. The van der Waals surface area contributed by atoms with Crippen molar-refractivity contribution in [1.82, 2.24) is 30.2 Å². The van der Waals surface area contributed by atoms with E-state index in [0.29, 0.717) is 0 Å². The van der Waals surface area contributed by atoms with Gasteiger partial charge in [0.2, 0.25) is 5.91 Å². The van der Waals surface area contributed by atoms with Crippen molar-refractivity contribution in [3.8, 4) is 17.0 Å². The molecule has 2 heterocycles. The van der Waals surface area contributed by atoms with Gasteiger partial charge < -0.3 is 25.6 Å². The van der Waals surface area contributed by atoms with Gasteiger partial charge in [0.25, 0.3) is 11.8 Å². The summed E-state index contributed by atoms with van der Waals surface area (Å²) in [5.41, 5.74) is 0.220. The number of aryl methyl sites for hydroxylation is 1. The van der Waals surface area contributed by atoms with Gasteiger partial charge in [0.15, 0.2) is 17.3 Å². The highest BCUT2D eigenvalue weighted by molar-refractivity contribution is 6.00. The number of hydrogen-bond acceptors (Lipinski definition) is 8. The van der Waals surface area contributed by atoms with Crippen molar-refractivity contribution >= 4 is 34.9 Å². The normalized spacial score (nSPS) is 14.2. The van der Waals surface area contributed by atoms with Gasteiger partial charge in [0.05, 0.1) is 24.2 Å². The minimum absolute atomic E-state index is 0.00224. The van der Waals surface area contributed by atoms with Crippen LogP contribution >= 0.6 is 0 Å². The van der Waals surface area contributed by atoms with Crippen LogP contribution in [0.25, 0.3) is 11.3 Å². The summed E-state index contributed by atoms with van der Waals surface area (Å²) in [5.74, 6) is -2.39. The number of anilines is 3. The van der Waals surface area contributed by atoms with E-state index in [1.54, 1.807) is 19.0 Å². The maximum absolute atomic E-state index is 15.0. The van der Waals surface area contributed by atoms with Gasteiger partial charge in [-0.3, -0.25) is 19.1 Å². The Kier molecular flexibility index (Phi) is 6.68. The summed E-state index contributed by atoms with van der Waals surface area (Å²) in [5, 5.41) is 19.4. The van der Waals surface area contributed by atoms with Crippen molar-refractivity contribution in [1.29, 1.82) is 0 Å². The summed E-state index contributed by atoms with van der Waals surface area (Å²) in [6.45, 7) is 0.911. The molecule has 0 atom stereocenters. The average molecular weight is 542 g/mol. The largest absolute Gasteiger partial charge is 0.494 e. The number of rotatable bonds is 9. The number of carbonyl (C=O) groups is 3. The van der Waals surface area contributed by atoms with E-state index in [1.807, 2.05) is 19.2 Å². The topological polar surface area (TPSA) is 143 Å². The molecule has 0 saturated heterocycles. The molecule has 1 aliphatic rings. The van der Waals surface area contributed by atoms with E-state index >= 15 is 4.39 Å². The van der Waals surface area contributed by atoms with Crippen molar-refractivity contribution in [3.05, 3.63) is 41.5 Å². The molecule has 13 heteroatoms. The summed E-state index contributed by atoms with van der Waals surface area (Å²) >= 11 is 0. The van der Waals surface area contributed by atoms with E-state index in [-0.39, 0.29) is 63.7 Å². The first-order valence-corrected chi connectivity index (χ1v) is 12.2. The third-order valence-corrected chi connectivity index (χ3v) is 6.32. The lowest BCUT2D eigenvalue weighted by molar-refractivity contribution is -0.117. The number of hydrogen-bond donors (Lipinski definition) is 3. The van der Waals surface area contributed by atoms with Crippen LogP contribution in [-0.2, 0) is 11.8 Å². The van der Waals surface area contributed by atoms with E-state index in [4.69, 9.17) is 8.85 Å². The van der Waals surface area contributed by atoms with Gasteiger partial charge >= 0.3 is 0 Å². The van der Waals surface area contributed by atoms with E-state index in [0.717, 1.165) is 18.9 Å². The van der Waals surface area contributed by atoms with Gasteiger partial charge in [0.1, 0.15) is 11.5 Å². The number of carbonyl (C=O) groups excluding carboxylic acids is 3. The van der Waals surface area contributed by atoms with Crippen molar-refractivity contribution in [2.75, 3.05) is 31.8 Å². The lowest BCUT2D eigenvalue weighted by Gasteiger charge is -2.21. The molecule has 0 unspecified atom stereocenters. The molecule has 1 aliphatic carbocycles. The number of halogens is 1. The van der Waals surface area contributed by atoms with Crippen LogP contribution in [-0.4, -0.2) is 69.8 Å². The molecule has 0 spiro atoms. The number of benzene rings is 1. The maximum atomic E-state index is 15.0. The summed E-state index contributed by atoms with van der Waals surface area (Å²) in [6.07, 6.45) is 1.47. The average Bonchev–Trinajstić information content (AvgIpc) is 3.68. The molecule has 206 valence electrons. The minimum Gasteiger partial charge on any atom is -0.494 e. The molecule has 12 nitrogen and oxygen atoms in total. The molecule has 0 bridgehead atoms. The van der Waals surface area contributed by atoms with Gasteiger partial charge in [-0.1, -0.05) is 0 Å². The lowest BCUT2D eigenvalue weighted by atomic mass is 10.1. The molecule has 39 heavy (non-hydrogen) atoms.